The lowest BCUT2D eigenvalue weighted by molar-refractivity contribution is 0.0544. The zero-order chi connectivity index (χ0) is 25.8. The Bertz CT molecular complexity index is 1300. The second kappa shape index (κ2) is 10.8. The molecule has 1 N–H and O–H groups in total. The highest BCUT2D eigenvalue weighted by Crippen LogP contribution is 2.30. The number of methoxy groups -OCH3 is 2. The number of hydrogen-bond acceptors (Lipinski definition) is 7. The van der Waals surface area contributed by atoms with Crippen LogP contribution in [-0.4, -0.2) is 70.7 Å². The van der Waals surface area contributed by atoms with Crippen LogP contribution < -0.4 is 0 Å². The highest BCUT2D eigenvalue weighted by Gasteiger charge is 2.32. The van der Waals surface area contributed by atoms with Crippen molar-refractivity contribution >= 4 is 17.7 Å². The van der Waals surface area contributed by atoms with Crippen molar-refractivity contribution in [3.8, 4) is 11.4 Å². The Morgan fingerprint density at radius 3 is 2.53 bits per heavy atom. The molecule has 2 aromatic carbocycles. The summed E-state index contributed by atoms with van der Waals surface area (Å²) in [4.78, 5) is 44.6. The normalized spacial score (nSPS) is 14.9. The molecule has 1 aromatic heterocycles. The van der Waals surface area contributed by atoms with Crippen LogP contribution in [0.2, 0.25) is 0 Å². The summed E-state index contributed by atoms with van der Waals surface area (Å²) in [6, 6.07) is 12.1. The quantitative estimate of drug-likeness (QED) is 0.381. The molecular formula is C27H29N3O6. The lowest BCUT2D eigenvalue weighted by atomic mass is 9.92. The summed E-state index contributed by atoms with van der Waals surface area (Å²) in [7, 11) is 2.85. The van der Waals surface area contributed by atoms with Crippen molar-refractivity contribution in [1.82, 2.24) is 14.5 Å². The molecule has 3 aromatic rings. The summed E-state index contributed by atoms with van der Waals surface area (Å²) >= 11 is 0. The largest absolute Gasteiger partial charge is 0.465 e. The Kier molecular flexibility index (Phi) is 7.61. The number of rotatable bonds is 8. The molecule has 0 unspecified atom stereocenters. The van der Waals surface area contributed by atoms with Gasteiger partial charge in [-0.15, -0.1) is 0 Å². The Balaban J connectivity index is 1.84. The molecule has 36 heavy (non-hydrogen) atoms. The van der Waals surface area contributed by atoms with Crippen LogP contribution in [0.3, 0.4) is 0 Å². The SMILES string of the molecule is COCCn1cc(C(C)=O)nc1-c1ccc(C(=O)OC)cc1C(=O)N1Cc2ccccc2C[C@H]1CO. The molecule has 1 aliphatic rings. The van der Waals surface area contributed by atoms with Crippen molar-refractivity contribution < 1.29 is 29.0 Å². The molecule has 9 heteroatoms. The number of imidazole rings is 1. The summed E-state index contributed by atoms with van der Waals surface area (Å²) in [5.74, 6) is -0.727. The minimum Gasteiger partial charge on any atom is -0.465 e. The first-order valence-electron chi connectivity index (χ1n) is 11.7. The number of nitrogens with zero attached hydrogens (tertiary/aromatic N) is 3. The van der Waals surface area contributed by atoms with Crippen LogP contribution in [0, 0.1) is 0 Å². The maximum Gasteiger partial charge on any atom is 0.337 e. The lowest BCUT2D eigenvalue weighted by Crippen LogP contribution is -2.46. The molecule has 1 atom stereocenters. The molecule has 2 heterocycles. The highest BCUT2D eigenvalue weighted by molar-refractivity contribution is 6.03. The van der Waals surface area contributed by atoms with Gasteiger partial charge >= 0.3 is 5.97 Å². The third-order valence-electron chi connectivity index (χ3n) is 6.41. The fourth-order valence-electron chi connectivity index (χ4n) is 4.46. The van der Waals surface area contributed by atoms with Gasteiger partial charge in [0.25, 0.3) is 5.91 Å². The second-order valence-corrected chi connectivity index (χ2v) is 8.69. The Labute approximate surface area is 209 Å². The monoisotopic (exact) mass is 491 g/mol. The van der Waals surface area contributed by atoms with E-state index in [9.17, 15) is 19.5 Å². The summed E-state index contributed by atoms with van der Waals surface area (Å²) in [5, 5.41) is 10.1. The average molecular weight is 492 g/mol. The van der Waals surface area contributed by atoms with Crippen molar-refractivity contribution in [2.75, 3.05) is 27.4 Å². The minimum atomic E-state index is -0.578. The van der Waals surface area contributed by atoms with Gasteiger partial charge in [0.2, 0.25) is 0 Å². The molecule has 4 rings (SSSR count). The number of carbonyl (C=O) groups is 3. The molecule has 188 valence electrons. The van der Waals surface area contributed by atoms with Crippen LogP contribution in [0.1, 0.15) is 49.3 Å². The van der Waals surface area contributed by atoms with E-state index < -0.39 is 12.0 Å². The van der Waals surface area contributed by atoms with E-state index in [1.54, 1.807) is 34.9 Å². The number of fused-ring (bicyclic) bond motifs is 1. The number of Topliss-reactive ketones (excluding diaryl/α,β-unsaturated/α-hetero) is 1. The summed E-state index contributed by atoms with van der Waals surface area (Å²) in [6.07, 6.45) is 2.15. The van der Waals surface area contributed by atoms with Crippen LogP contribution in [0.15, 0.2) is 48.7 Å². The second-order valence-electron chi connectivity index (χ2n) is 8.69. The van der Waals surface area contributed by atoms with Gasteiger partial charge in [-0.25, -0.2) is 9.78 Å². The molecule has 9 nitrogen and oxygen atoms in total. The Morgan fingerprint density at radius 2 is 1.86 bits per heavy atom. The highest BCUT2D eigenvalue weighted by atomic mass is 16.5. The van der Waals surface area contributed by atoms with E-state index >= 15 is 0 Å². The predicted molar refractivity (Wildman–Crippen MR) is 132 cm³/mol. The van der Waals surface area contributed by atoms with Gasteiger partial charge in [0, 0.05) is 38.9 Å². The number of hydrogen-bond donors (Lipinski definition) is 1. The van der Waals surface area contributed by atoms with Gasteiger partial charge in [-0.2, -0.15) is 0 Å². The topological polar surface area (TPSA) is 111 Å². The Morgan fingerprint density at radius 1 is 1.11 bits per heavy atom. The van der Waals surface area contributed by atoms with E-state index in [-0.39, 0.29) is 35.1 Å². The first-order chi connectivity index (χ1) is 17.4. The van der Waals surface area contributed by atoms with Crippen LogP contribution in [-0.2, 0) is 29.0 Å². The zero-order valence-electron chi connectivity index (χ0n) is 20.6. The number of aromatic nitrogens is 2. The fourth-order valence-corrected chi connectivity index (χ4v) is 4.46. The number of aliphatic hydroxyl groups excluding tert-OH is 1. The summed E-state index contributed by atoms with van der Waals surface area (Å²) < 4.78 is 11.8. The zero-order valence-corrected chi connectivity index (χ0v) is 20.6. The van der Waals surface area contributed by atoms with E-state index in [1.165, 1.54) is 20.1 Å². The molecule has 0 bridgehead atoms. The first-order valence-corrected chi connectivity index (χ1v) is 11.7. The number of esters is 1. The van der Waals surface area contributed by atoms with Crippen LogP contribution in [0.4, 0.5) is 0 Å². The van der Waals surface area contributed by atoms with Crippen LogP contribution in [0.25, 0.3) is 11.4 Å². The number of ketones is 1. The minimum absolute atomic E-state index is 0.205. The molecular weight excluding hydrogens is 462 g/mol. The maximum absolute atomic E-state index is 14.0. The van der Waals surface area contributed by atoms with Crippen LogP contribution in [0.5, 0.6) is 0 Å². The van der Waals surface area contributed by atoms with E-state index in [4.69, 9.17) is 9.47 Å². The number of benzene rings is 2. The predicted octanol–water partition coefficient (Wildman–Crippen LogP) is 2.75. The molecule has 0 saturated heterocycles. The van der Waals surface area contributed by atoms with Gasteiger partial charge in [-0.3, -0.25) is 9.59 Å². The van der Waals surface area contributed by atoms with E-state index in [0.29, 0.717) is 37.5 Å². The summed E-state index contributed by atoms with van der Waals surface area (Å²) in [6.45, 7) is 2.33. The maximum atomic E-state index is 14.0. The number of carbonyl (C=O) groups excluding carboxylic acids is 3. The van der Waals surface area contributed by atoms with Gasteiger partial charge in [0.1, 0.15) is 11.5 Å². The molecule has 1 aliphatic heterocycles. The van der Waals surface area contributed by atoms with Crippen molar-refractivity contribution in [2.45, 2.75) is 32.5 Å². The van der Waals surface area contributed by atoms with Gasteiger partial charge in [-0.05, 0) is 35.7 Å². The van der Waals surface area contributed by atoms with Gasteiger partial charge in [0.05, 0.1) is 37.5 Å². The number of aliphatic hydroxyl groups is 1. The molecule has 0 radical (unpaired) electrons. The smallest absolute Gasteiger partial charge is 0.337 e. The van der Waals surface area contributed by atoms with Crippen molar-refractivity contribution in [2.24, 2.45) is 0 Å². The van der Waals surface area contributed by atoms with Gasteiger partial charge < -0.3 is 24.0 Å². The average Bonchev–Trinajstić information content (AvgIpc) is 3.34. The first kappa shape index (κ1) is 25.3. The third kappa shape index (κ3) is 4.93. The molecule has 0 spiro atoms. The standard InChI is InChI=1S/C27H29N3O6/c1-17(32)24-15-29(10-11-35-2)25(28-24)22-9-8-19(27(34)36-3)13-23(22)26(33)30-14-20-7-5-4-6-18(20)12-21(30)16-31/h4-9,13,15,21,31H,10-12,14,16H2,1-3H3/t21-/m0/s1. The Hall–Kier alpha value is -3.82. The molecule has 0 saturated carbocycles. The van der Waals surface area contributed by atoms with E-state index in [2.05, 4.69) is 4.98 Å². The van der Waals surface area contributed by atoms with Gasteiger partial charge in [0.15, 0.2) is 5.78 Å². The van der Waals surface area contributed by atoms with E-state index in [0.717, 1.165) is 11.1 Å². The van der Waals surface area contributed by atoms with Crippen molar-refractivity contribution in [3.63, 3.8) is 0 Å². The summed E-state index contributed by atoms with van der Waals surface area (Å²) in [5.41, 5.74) is 3.26. The molecule has 0 fully saturated rings. The fraction of sp³-hybridized carbons (Fsp3) is 0.333. The van der Waals surface area contributed by atoms with Gasteiger partial charge in [-0.1, -0.05) is 24.3 Å². The lowest BCUT2D eigenvalue weighted by Gasteiger charge is -2.36. The third-order valence-corrected chi connectivity index (χ3v) is 6.41. The van der Waals surface area contributed by atoms with E-state index in [1.807, 2.05) is 24.3 Å². The molecule has 1 amide bonds. The van der Waals surface area contributed by atoms with Crippen LogP contribution >= 0.6 is 0 Å². The number of amides is 1. The number of ether oxygens (including phenoxy) is 2. The molecule has 0 aliphatic carbocycles. The van der Waals surface area contributed by atoms with Crippen molar-refractivity contribution in [1.29, 1.82) is 0 Å². The van der Waals surface area contributed by atoms with Crippen molar-refractivity contribution in [3.05, 3.63) is 76.6 Å².